The lowest BCUT2D eigenvalue weighted by molar-refractivity contribution is 0.432. The Morgan fingerprint density at radius 1 is 1.05 bits per heavy atom. The molecule has 0 unspecified atom stereocenters. The number of hydrogen-bond acceptors (Lipinski definition) is 4. The summed E-state index contributed by atoms with van der Waals surface area (Å²) in [5.74, 6) is -0.0361. The quantitative estimate of drug-likeness (QED) is 0.751. The Morgan fingerprint density at radius 2 is 1.86 bits per heavy atom. The Kier molecular flexibility index (Phi) is 3.53. The van der Waals surface area contributed by atoms with Gasteiger partial charge in [-0.05, 0) is 36.4 Å². The van der Waals surface area contributed by atoms with Crippen molar-refractivity contribution < 1.29 is 14.0 Å². The molecular weight excluding hydrogens is 318 g/mol. The molecule has 1 aromatic heterocycles. The molecule has 3 rings (SSSR count). The number of phenols is 1. The Morgan fingerprint density at radius 3 is 2.57 bits per heavy atom. The van der Waals surface area contributed by atoms with Gasteiger partial charge in [0.05, 0.1) is 10.0 Å². The molecule has 3 aromatic rings. The maximum Gasteiger partial charge on any atom is 0.258 e. The van der Waals surface area contributed by atoms with Crippen LogP contribution >= 0.6 is 23.2 Å². The maximum absolute atomic E-state index is 13.0. The highest BCUT2D eigenvalue weighted by Crippen LogP contribution is 2.31. The van der Waals surface area contributed by atoms with Crippen molar-refractivity contribution in [3.63, 3.8) is 0 Å². The van der Waals surface area contributed by atoms with E-state index < -0.39 is 5.82 Å². The van der Waals surface area contributed by atoms with Crippen LogP contribution in [0.15, 0.2) is 40.9 Å². The summed E-state index contributed by atoms with van der Waals surface area (Å²) in [5.41, 5.74) is 1.01. The topological polar surface area (TPSA) is 59.2 Å². The molecule has 7 heteroatoms. The van der Waals surface area contributed by atoms with E-state index in [1.54, 1.807) is 6.07 Å². The summed E-state index contributed by atoms with van der Waals surface area (Å²) in [6.45, 7) is 0. The third-order valence-electron chi connectivity index (χ3n) is 2.79. The molecule has 0 amide bonds. The van der Waals surface area contributed by atoms with Gasteiger partial charge in [-0.25, -0.2) is 4.39 Å². The molecule has 0 saturated heterocycles. The molecule has 1 heterocycles. The normalized spacial score (nSPS) is 10.8. The van der Waals surface area contributed by atoms with Gasteiger partial charge in [-0.1, -0.05) is 28.4 Å². The first-order valence-corrected chi connectivity index (χ1v) is 6.58. The van der Waals surface area contributed by atoms with Crippen LogP contribution in [0.25, 0.3) is 22.8 Å². The minimum Gasteiger partial charge on any atom is -0.506 e. The number of rotatable bonds is 2. The number of aromatic nitrogens is 2. The van der Waals surface area contributed by atoms with Crippen LogP contribution in [-0.2, 0) is 0 Å². The van der Waals surface area contributed by atoms with Crippen molar-refractivity contribution in [1.82, 2.24) is 10.1 Å². The predicted octanol–water partition coefficient (Wildman–Crippen LogP) is 4.56. The Bertz CT molecular complexity index is 820. The molecule has 0 radical (unpaired) electrons. The summed E-state index contributed by atoms with van der Waals surface area (Å²) in [6, 6.07) is 8.41. The lowest BCUT2D eigenvalue weighted by Gasteiger charge is -1.98. The number of phenolic OH excluding ortho intramolecular Hbond substituents is 1. The number of halogens is 3. The van der Waals surface area contributed by atoms with Crippen LogP contribution in [0.1, 0.15) is 0 Å². The predicted molar refractivity (Wildman–Crippen MR) is 76.8 cm³/mol. The van der Waals surface area contributed by atoms with Crippen LogP contribution in [0.4, 0.5) is 4.39 Å². The fraction of sp³-hybridized carbons (Fsp3) is 0. The highest BCUT2D eigenvalue weighted by atomic mass is 35.5. The Balaban J connectivity index is 2.01. The van der Waals surface area contributed by atoms with Crippen LogP contribution < -0.4 is 0 Å². The van der Waals surface area contributed by atoms with Gasteiger partial charge in [-0.15, -0.1) is 0 Å². The Hall–Kier alpha value is -2.11. The van der Waals surface area contributed by atoms with Crippen molar-refractivity contribution in [3.8, 4) is 28.6 Å². The van der Waals surface area contributed by atoms with E-state index in [0.717, 1.165) is 0 Å². The molecule has 0 spiro atoms. The van der Waals surface area contributed by atoms with Gasteiger partial charge in [0.2, 0.25) is 5.82 Å². The minimum atomic E-state index is -0.446. The summed E-state index contributed by atoms with van der Waals surface area (Å²) in [7, 11) is 0. The standard InChI is InChI=1S/C14H7Cl2FN2O2/c15-10-6-8(17)2-3-9(10)13-18-14(21-19-13)7-1-4-12(20)11(16)5-7/h1-6,20H. The van der Waals surface area contributed by atoms with Crippen molar-refractivity contribution >= 4 is 23.2 Å². The van der Waals surface area contributed by atoms with Gasteiger partial charge in [0.25, 0.3) is 5.89 Å². The molecule has 0 saturated carbocycles. The van der Waals surface area contributed by atoms with Crippen molar-refractivity contribution in [2.45, 2.75) is 0 Å². The van der Waals surface area contributed by atoms with Crippen LogP contribution in [0.3, 0.4) is 0 Å². The fourth-order valence-corrected chi connectivity index (χ4v) is 2.19. The minimum absolute atomic E-state index is 0.0401. The highest BCUT2D eigenvalue weighted by Gasteiger charge is 2.14. The average molecular weight is 325 g/mol. The van der Waals surface area contributed by atoms with Crippen LogP contribution in [0, 0.1) is 5.82 Å². The lowest BCUT2D eigenvalue weighted by Crippen LogP contribution is -1.84. The molecule has 0 fully saturated rings. The van der Waals surface area contributed by atoms with E-state index in [1.807, 2.05) is 0 Å². The molecule has 106 valence electrons. The van der Waals surface area contributed by atoms with E-state index in [-0.39, 0.29) is 27.5 Å². The van der Waals surface area contributed by atoms with E-state index in [9.17, 15) is 9.50 Å². The zero-order chi connectivity index (χ0) is 15.0. The molecule has 1 N–H and O–H groups in total. The first kappa shape index (κ1) is 13.9. The summed E-state index contributed by atoms with van der Waals surface area (Å²) >= 11 is 11.8. The number of nitrogens with zero attached hydrogens (tertiary/aromatic N) is 2. The lowest BCUT2D eigenvalue weighted by atomic mass is 10.2. The van der Waals surface area contributed by atoms with Crippen molar-refractivity contribution in [2.24, 2.45) is 0 Å². The SMILES string of the molecule is Oc1ccc(-c2nc(-c3ccc(F)cc3Cl)no2)cc1Cl. The van der Waals surface area contributed by atoms with Gasteiger partial charge >= 0.3 is 0 Å². The van der Waals surface area contributed by atoms with Gasteiger partial charge in [0, 0.05) is 11.1 Å². The second kappa shape index (κ2) is 5.35. The second-order valence-electron chi connectivity index (χ2n) is 4.21. The molecule has 4 nitrogen and oxygen atoms in total. The molecule has 0 aliphatic carbocycles. The van der Waals surface area contributed by atoms with Crippen LogP contribution in [-0.4, -0.2) is 15.2 Å². The van der Waals surface area contributed by atoms with Crippen molar-refractivity contribution in [3.05, 3.63) is 52.3 Å². The fourth-order valence-electron chi connectivity index (χ4n) is 1.76. The largest absolute Gasteiger partial charge is 0.506 e. The maximum atomic E-state index is 13.0. The third kappa shape index (κ3) is 2.70. The zero-order valence-corrected chi connectivity index (χ0v) is 11.9. The number of aromatic hydroxyl groups is 1. The van der Waals surface area contributed by atoms with Crippen LogP contribution in [0.2, 0.25) is 10.0 Å². The summed E-state index contributed by atoms with van der Waals surface area (Å²) in [5, 5.41) is 13.6. The van der Waals surface area contributed by atoms with Gasteiger partial charge < -0.3 is 9.63 Å². The van der Waals surface area contributed by atoms with E-state index in [1.165, 1.54) is 30.3 Å². The molecule has 0 aliphatic rings. The summed E-state index contributed by atoms with van der Waals surface area (Å²) in [4.78, 5) is 4.19. The second-order valence-corrected chi connectivity index (χ2v) is 5.03. The van der Waals surface area contributed by atoms with Crippen molar-refractivity contribution in [2.75, 3.05) is 0 Å². The average Bonchev–Trinajstić information content (AvgIpc) is 2.91. The third-order valence-corrected chi connectivity index (χ3v) is 3.41. The van der Waals surface area contributed by atoms with Gasteiger partial charge in [0.15, 0.2) is 0 Å². The van der Waals surface area contributed by atoms with Gasteiger partial charge in [-0.2, -0.15) is 4.98 Å². The smallest absolute Gasteiger partial charge is 0.258 e. The molecule has 21 heavy (non-hydrogen) atoms. The summed E-state index contributed by atoms with van der Waals surface area (Å²) in [6.07, 6.45) is 0. The molecule has 0 atom stereocenters. The first-order valence-electron chi connectivity index (χ1n) is 5.82. The van der Waals surface area contributed by atoms with Crippen molar-refractivity contribution in [1.29, 1.82) is 0 Å². The van der Waals surface area contributed by atoms with Gasteiger partial charge in [0.1, 0.15) is 11.6 Å². The summed E-state index contributed by atoms with van der Waals surface area (Å²) < 4.78 is 18.2. The number of benzene rings is 2. The van der Waals surface area contributed by atoms with E-state index in [4.69, 9.17) is 27.7 Å². The van der Waals surface area contributed by atoms with E-state index in [0.29, 0.717) is 11.1 Å². The molecule has 2 aromatic carbocycles. The van der Waals surface area contributed by atoms with E-state index in [2.05, 4.69) is 10.1 Å². The van der Waals surface area contributed by atoms with Gasteiger partial charge in [-0.3, -0.25) is 0 Å². The number of hydrogen-bond donors (Lipinski definition) is 1. The molecule has 0 aliphatic heterocycles. The monoisotopic (exact) mass is 324 g/mol. The van der Waals surface area contributed by atoms with Crippen LogP contribution in [0.5, 0.6) is 5.75 Å². The first-order chi connectivity index (χ1) is 10.0. The van der Waals surface area contributed by atoms with E-state index >= 15 is 0 Å². The Labute approximate surface area is 128 Å². The zero-order valence-electron chi connectivity index (χ0n) is 10.3. The highest BCUT2D eigenvalue weighted by molar-refractivity contribution is 6.33. The molecule has 0 bridgehead atoms. The molecular formula is C14H7Cl2FN2O2.